The highest BCUT2D eigenvalue weighted by atomic mass is 16.4. The van der Waals surface area contributed by atoms with Gasteiger partial charge < -0.3 is 10.1 Å². The molecule has 2 aromatic rings. The van der Waals surface area contributed by atoms with Crippen LogP contribution in [0.15, 0.2) is 24.5 Å². The van der Waals surface area contributed by atoms with Crippen molar-refractivity contribution in [3.63, 3.8) is 0 Å². The van der Waals surface area contributed by atoms with Crippen molar-refractivity contribution in [2.75, 3.05) is 6.54 Å². The lowest BCUT2D eigenvalue weighted by atomic mass is 10.0. The maximum atomic E-state index is 11.5. The van der Waals surface area contributed by atoms with E-state index in [0.29, 0.717) is 19.5 Å². The Hall–Kier alpha value is -2.21. The molecule has 0 radical (unpaired) electrons. The molecule has 0 aliphatic carbocycles. The van der Waals surface area contributed by atoms with Crippen LogP contribution < -0.4 is 0 Å². The summed E-state index contributed by atoms with van der Waals surface area (Å²) in [7, 11) is 0. The number of fused-ring (bicyclic) bond motifs is 1. The van der Waals surface area contributed by atoms with Crippen LogP contribution in [0.4, 0.5) is 0 Å². The van der Waals surface area contributed by atoms with E-state index in [9.17, 15) is 9.90 Å². The third-order valence-electron chi connectivity index (χ3n) is 3.88. The van der Waals surface area contributed by atoms with Gasteiger partial charge in [0.15, 0.2) is 0 Å². The number of rotatable bonds is 4. The van der Waals surface area contributed by atoms with Gasteiger partial charge in [0.05, 0.1) is 17.7 Å². The van der Waals surface area contributed by atoms with Crippen molar-refractivity contribution >= 4 is 5.97 Å². The molecule has 1 atom stereocenters. The molecule has 0 aromatic carbocycles. The van der Waals surface area contributed by atoms with Gasteiger partial charge in [0.1, 0.15) is 6.04 Å². The number of pyridine rings is 1. The number of aliphatic carboxylic acids is 1. The number of nitrogens with zero attached hydrogens (tertiary/aromatic N) is 3. The molecule has 0 spiro atoms. The topological polar surface area (TPSA) is 82.1 Å². The normalized spacial score (nSPS) is 18.4. The number of aryl methyl sites for hydroxylation is 1. The fourth-order valence-corrected chi connectivity index (χ4v) is 2.76. The average Bonchev–Trinajstić information content (AvgIpc) is 2.91. The molecule has 3 rings (SSSR count). The van der Waals surface area contributed by atoms with Crippen molar-refractivity contribution in [2.45, 2.75) is 32.4 Å². The lowest BCUT2D eigenvalue weighted by Crippen LogP contribution is -2.46. The van der Waals surface area contributed by atoms with E-state index >= 15 is 0 Å². The molecule has 0 saturated carbocycles. The van der Waals surface area contributed by atoms with Crippen LogP contribution in [0.2, 0.25) is 0 Å². The van der Waals surface area contributed by atoms with Gasteiger partial charge in [-0.05, 0) is 19.1 Å². The number of nitrogens with one attached hydrogen (secondary N) is 1. The highest BCUT2D eigenvalue weighted by Crippen LogP contribution is 2.21. The average molecular weight is 286 g/mol. The quantitative estimate of drug-likeness (QED) is 0.881. The van der Waals surface area contributed by atoms with Crippen molar-refractivity contribution in [3.8, 4) is 0 Å². The maximum Gasteiger partial charge on any atom is 0.321 e. The van der Waals surface area contributed by atoms with E-state index in [1.807, 2.05) is 30.0 Å². The summed E-state index contributed by atoms with van der Waals surface area (Å²) in [5.41, 5.74) is 3.86. The number of H-pyrrole nitrogens is 1. The zero-order valence-corrected chi connectivity index (χ0v) is 11.9. The van der Waals surface area contributed by atoms with Crippen LogP contribution in [0.5, 0.6) is 0 Å². The zero-order valence-electron chi connectivity index (χ0n) is 11.9. The zero-order chi connectivity index (χ0) is 14.8. The van der Waals surface area contributed by atoms with Gasteiger partial charge in [-0.3, -0.25) is 14.7 Å². The van der Waals surface area contributed by atoms with Crippen LogP contribution in [0.3, 0.4) is 0 Å². The third kappa shape index (κ3) is 2.95. The van der Waals surface area contributed by atoms with Gasteiger partial charge in [-0.15, -0.1) is 0 Å². The molecule has 0 bridgehead atoms. The van der Waals surface area contributed by atoms with Crippen molar-refractivity contribution < 1.29 is 9.90 Å². The molecule has 110 valence electrons. The number of hydrogen-bond donors (Lipinski definition) is 2. The van der Waals surface area contributed by atoms with Crippen molar-refractivity contribution in [2.24, 2.45) is 0 Å². The summed E-state index contributed by atoms with van der Waals surface area (Å²) in [6.07, 6.45) is 2.83. The van der Waals surface area contributed by atoms with Gasteiger partial charge in [-0.25, -0.2) is 4.98 Å². The molecule has 0 fully saturated rings. The molecule has 6 heteroatoms. The molecule has 3 heterocycles. The summed E-state index contributed by atoms with van der Waals surface area (Å²) in [4.78, 5) is 25.2. The summed E-state index contributed by atoms with van der Waals surface area (Å²) < 4.78 is 0. The largest absolute Gasteiger partial charge is 0.480 e. The number of imidazole rings is 1. The second-order valence-corrected chi connectivity index (χ2v) is 5.38. The number of carboxylic acid groups (broad SMARTS) is 1. The second-order valence-electron chi connectivity index (χ2n) is 5.38. The predicted molar refractivity (Wildman–Crippen MR) is 76.8 cm³/mol. The van der Waals surface area contributed by atoms with Crippen LogP contribution in [0.25, 0.3) is 0 Å². The van der Waals surface area contributed by atoms with E-state index in [-0.39, 0.29) is 0 Å². The van der Waals surface area contributed by atoms with Gasteiger partial charge in [0.25, 0.3) is 0 Å². The van der Waals surface area contributed by atoms with Crippen LogP contribution in [-0.4, -0.2) is 43.5 Å². The lowest BCUT2D eigenvalue weighted by Gasteiger charge is -2.32. The minimum atomic E-state index is -0.791. The Labute approximate surface area is 122 Å². The first kappa shape index (κ1) is 13.8. The molecule has 0 amide bonds. The van der Waals surface area contributed by atoms with Gasteiger partial charge >= 0.3 is 5.97 Å². The van der Waals surface area contributed by atoms with Crippen molar-refractivity contribution in [1.82, 2.24) is 19.9 Å². The number of carbonyl (C=O) groups is 1. The third-order valence-corrected chi connectivity index (χ3v) is 3.88. The molecule has 0 unspecified atom stereocenters. The van der Waals surface area contributed by atoms with E-state index in [0.717, 1.165) is 29.2 Å². The van der Waals surface area contributed by atoms with Gasteiger partial charge in [0.2, 0.25) is 0 Å². The number of hydrogen-bond acceptors (Lipinski definition) is 4. The van der Waals surface area contributed by atoms with E-state index in [4.69, 9.17) is 0 Å². The Morgan fingerprint density at radius 1 is 1.52 bits per heavy atom. The van der Waals surface area contributed by atoms with E-state index in [1.54, 1.807) is 6.33 Å². The Morgan fingerprint density at radius 3 is 3.14 bits per heavy atom. The Bertz CT molecular complexity index is 653. The van der Waals surface area contributed by atoms with Crippen molar-refractivity contribution in [3.05, 3.63) is 47.3 Å². The first-order valence-corrected chi connectivity index (χ1v) is 7.04. The molecule has 2 N–H and O–H groups in total. The van der Waals surface area contributed by atoms with E-state index < -0.39 is 12.0 Å². The first-order chi connectivity index (χ1) is 10.1. The fraction of sp³-hybridized carbons (Fsp3) is 0.400. The lowest BCUT2D eigenvalue weighted by molar-refractivity contribution is -0.144. The predicted octanol–water partition coefficient (Wildman–Crippen LogP) is 1.17. The first-order valence-electron chi connectivity index (χ1n) is 7.04. The number of carboxylic acids is 1. The summed E-state index contributed by atoms with van der Waals surface area (Å²) in [6.45, 7) is 3.23. The molecular weight excluding hydrogens is 268 g/mol. The summed E-state index contributed by atoms with van der Waals surface area (Å²) in [5, 5.41) is 9.42. The SMILES string of the molecule is Cc1cccc(CCN2Cc3[nH]cnc3C[C@@H]2C(=O)O)n1. The minimum Gasteiger partial charge on any atom is -0.480 e. The maximum absolute atomic E-state index is 11.5. The summed E-state index contributed by atoms with van der Waals surface area (Å²) >= 11 is 0. The van der Waals surface area contributed by atoms with Crippen molar-refractivity contribution in [1.29, 1.82) is 0 Å². The molecule has 1 aliphatic heterocycles. The summed E-state index contributed by atoms with van der Waals surface area (Å²) in [5.74, 6) is -0.791. The van der Waals surface area contributed by atoms with Crippen LogP contribution in [0, 0.1) is 6.92 Å². The molecule has 2 aromatic heterocycles. The monoisotopic (exact) mass is 286 g/mol. The molecule has 0 saturated heterocycles. The smallest absolute Gasteiger partial charge is 0.321 e. The Balaban J connectivity index is 1.72. The van der Waals surface area contributed by atoms with Gasteiger partial charge in [-0.2, -0.15) is 0 Å². The van der Waals surface area contributed by atoms with Crippen LogP contribution in [0.1, 0.15) is 22.8 Å². The van der Waals surface area contributed by atoms with Gasteiger partial charge in [-0.1, -0.05) is 6.07 Å². The molecule has 1 aliphatic rings. The van der Waals surface area contributed by atoms with Gasteiger partial charge in [0, 0.05) is 37.3 Å². The van der Waals surface area contributed by atoms with Crippen LogP contribution in [-0.2, 0) is 24.2 Å². The van der Waals surface area contributed by atoms with E-state index in [1.165, 1.54) is 0 Å². The van der Waals surface area contributed by atoms with Crippen LogP contribution >= 0.6 is 0 Å². The fourth-order valence-electron chi connectivity index (χ4n) is 2.76. The number of aromatic amines is 1. The summed E-state index contributed by atoms with van der Waals surface area (Å²) in [6, 6.07) is 5.41. The standard InChI is InChI=1S/C15H18N4O2/c1-10-3-2-4-11(18-10)5-6-19-8-13-12(16-9-17-13)7-14(19)15(20)21/h2-4,9,14H,5-8H2,1H3,(H,16,17)(H,20,21)/t14-/m1/s1. The number of aromatic nitrogens is 3. The molecular formula is C15H18N4O2. The van der Waals surface area contributed by atoms with E-state index in [2.05, 4.69) is 15.0 Å². The second kappa shape index (κ2) is 5.65. The Morgan fingerprint density at radius 2 is 2.38 bits per heavy atom. The molecule has 6 nitrogen and oxygen atoms in total. The molecule has 21 heavy (non-hydrogen) atoms. The highest BCUT2D eigenvalue weighted by molar-refractivity contribution is 5.74. The minimum absolute atomic E-state index is 0.454. The Kier molecular flexibility index (Phi) is 3.70. The highest BCUT2D eigenvalue weighted by Gasteiger charge is 2.32.